The number of hydrogen-bond acceptors (Lipinski definition) is 7. The monoisotopic (exact) mass is 472 g/mol. The molecule has 0 aromatic carbocycles. The van der Waals surface area contributed by atoms with E-state index in [9.17, 15) is 26.0 Å². The van der Waals surface area contributed by atoms with Crippen LogP contribution in [0.3, 0.4) is 0 Å². The van der Waals surface area contributed by atoms with Gasteiger partial charge in [0.1, 0.15) is 0 Å². The van der Waals surface area contributed by atoms with Crippen LogP contribution in [0.2, 0.25) is 0 Å². The van der Waals surface area contributed by atoms with Gasteiger partial charge in [-0.15, -0.1) is 0 Å². The first-order valence-electron chi connectivity index (χ1n) is 9.26. The predicted octanol–water partition coefficient (Wildman–Crippen LogP) is 1.52. The van der Waals surface area contributed by atoms with Crippen LogP contribution in [0.5, 0.6) is 0 Å². The van der Waals surface area contributed by atoms with Crippen LogP contribution in [-0.4, -0.2) is 85.6 Å². The van der Waals surface area contributed by atoms with Gasteiger partial charge in [0.25, 0.3) is 0 Å². The van der Waals surface area contributed by atoms with Crippen LogP contribution in [0, 0.1) is 11.2 Å². The van der Waals surface area contributed by atoms with Crippen molar-refractivity contribution in [2.24, 2.45) is 5.41 Å². The SMILES string of the molecule is COCC1CC2(CCN(c3ncc(F)cn3)CC2)CN1S(C)(=O)=O.O=C(O)C(F)(F)F. The van der Waals surface area contributed by atoms with E-state index in [1.807, 2.05) is 4.90 Å². The number of alkyl halides is 3. The first kappa shape index (κ1) is 25.2. The Morgan fingerprint density at radius 3 is 2.23 bits per heavy atom. The molecule has 1 N–H and O–H groups in total. The van der Waals surface area contributed by atoms with Crippen LogP contribution in [0.1, 0.15) is 19.3 Å². The zero-order valence-corrected chi connectivity index (χ0v) is 17.8. The van der Waals surface area contributed by atoms with Gasteiger partial charge in [0.05, 0.1) is 25.3 Å². The maximum absolute atomic E-state index is 12.9. The molecule has 2 fully saturated rings. The molecule has 1 unspecified atom stereocenters. The first-order valence-corrected chi connectivity index (χ1v) is 11.1. The Kier molecular flexibility index (Phi) is 7.81. The summed E-state index contributed by atoms with van der Waals surface area (Å²) in [6, 6.07) is -0.0985. The van der Waals surface area contributed by atoms with E-state index < -0.39 is 28.0 Å². The van der Waals surface area contributed by atoms with E-state index in [0.29, 0.717) is 19.1 Å². The zero-order chi connectivity index (χ0) is 23.4. The molecule has 1 aromatic heterocycles. The van der Waals surface area contributed by atoms with Crippen LogP contribution in [0.4, 0.5) is 23.5 Å². The van der Waals surface area contributed by atoms with Gasteiger partial charge in [0.15, 0.2) is 5.82 Å². The van der Waals surface area contributed by atoms with Crippen molar-refractivity contribution in [2.45, 2.75) is 31.5 Å². The lowest BCUT2D eigenvalue weighted by atomic mass is 9.77. The topological polar surface area (TPSA) is 113 Å². The second-order valence-corrected chi connectivity index (χ2v) is 9.55. The summed E-state index contributed by atoms with van der Waals surface area (Å²) in [5.41, 5.74) is -0.0250. The molecule has 0 saturated carbocycles. The summed E-state index contributed by atoms with van der Waals surface area (Å²) < 4.78 is 75.6. The Hall–Kier alpha value is -2.06. The molecule has 31 heavy (non-hydrogen) atoms. The molecule has 1 aromatic rings. The zero-order valence-electron chi connectivity index (χ0n) is 17.0. The molecule has 2 saturated heterocycles. The van der Waals surface area contributed by atoms with Crippen molar-refractivity contribution >= 4 is 21.9 Å². The summed E-state index contributed by atoms with van der Waals surface area (Å²) in [7, 11) is -1.65. The van der Waals surface area contributed by atoms with Crippen molar-refractivity contribution in [2.75, 3.05) is 44.5 Å². The van der Waals surface area contributed by atoms with Gasteiger partial charge in [-0.05, 0) is 24.7 Å². The third-order valence-corrected chi connectivity index (χ3v) is 6.59. The molecule has 1 atom stereocenters. The summed E-state index contributed by atoms with van der Waals surface area (Å²) in [6.07, 6.45) is 1.05. The fourth-order valence-electron chi connectivity index (χ4n) is 3.86. The summed E-state index contributed by atoms with van der Waals surface area (Å²) in [6.45, 7) is 2.43. The number of rotatable bonds is 4. The quantitative estimate of drug-likeness (QED) is 0.657. The summed E-state index contributed by atoms with van der Waals surface area (Å²) in [5.74, 6) is -2.68. The minimum Gasteiger partial charge on any atom is -0.475 e. The molecule has 9 nitrogen and oxygen atoms in total. The fourth-order valence-corrected chi connectivity index (χ4v) is 5.05. The number of methoxy groups -OCH3 is 1. The van der Waals surface area contributed by atoms with Gasteiger partial charge in [-0.3, -0.25) is 0 Å². The highest BCUT2D eigenvalue weighted by atomic mass is 32.2. The van der Waals surface area contributed by atoms with Crippen LogP contribution < -0.4 is 4.90 Å². The Labute approximate surface area is 177 Å². The lowest BCUT2D eigenvalue weighted by Crippen LogP contribution is -2.43. The molecule has 2 aliphatic heterocycles. The number of carbonyl (C=O) groups is 1. The number of piperidine rings is 1. The number of anilines is 1. The van der Waals surface area contributed by atoms with Crippen molar-refractivity contribution in [1.82, 2.24) is 14.3 Å². The van der Waals surface area contributed by atoms with Gasteiger partial charge < -0.3 is 14.7 Å². The normalized spacial score (nSPS) is 21.6. The first-order chi connectivity index (χ1) is 14.3. The number of halogens is 4. The van der Waals surface area contributed by atoms with E-state index in [1.54, 1.807) is 11.4 Å². The molecule has 3 rings (SSSR count). The Bertz CT molecular complexity index is 858. The van der Waals surface area contributed by atoms with Gasteiger partial charge in [-0.1, -0.05) is 0 Å². The number of sulfonamides is 1. The minimum absolute atomic E-state index is 0.0250. The van der Waals surface area contributed by atoms with Gasteiger partial charge in [-0.25, -0.2) is 27.6 Å². The number of carboxylic acid groups (broad SMARTS) is 1. The minimum atomic E-state index is -5.08. The lowest BCUT2D eigenvalue weighted by Gasteiger charge is -2.39. The molecule has 176 valence electrons. The van der Waals surface area contributed by atoms with Gasteiger partial charge >= 0.3 is 12.1 Å². The third kappa shape index (κ3) is 6.71. The maximum atomic E-state index is 12.9. The molecule has 0 amide bonds. The lowest BCUT2D eigenvalue weighted by molar-refractivity contribution is -0.192. The number of hydrogen-bond donors (Lipinski definition) is 1. The average molecular weight is 472 g/mol. The molecule has 2 aliphatic rings. The van der Waals surface area contributed by atoms with Crippen molar-refractivity contribution in [3.63, 3.8) is 0 Å². The second kappa shape index (κ2) is 9.61. The van der Waals surface area contributed by atoms with Crippen LogP contribution in [0.25, 0.3) is 0 Å². The van der Waals surface area contributed by atoms with E-state index in [0.717, 1.165) is 32.4 Å². The average Bonchev–Trinajstić information content (AvgIpc) is 3.02. The molecule has 0 radical (unpaired) electrons. The molecule has 14 heteroatoms. The molecule has 1 spiro atoms. The van der Waals surface area contributed by atoms with Crippen LogP contribution in [-0.2, 0) is 19.6 Å². The molecular weight excluding hydrogens is 448 g/mol. The van der Waals surface area contributed by atoms with E-state index >= 15 is 0 Å². The van der Waals surface area contributed by atoms with Gasteiger partial charge in [0.2, 0.25) is 16.0 Å². The van der Waals surface area contributed by atoms with E-state index in [2.05, 4.69) is 9.97 Å². The van der Waals surface area contributed by atoms with Crippen LogP contribution >= 0.6 is 0 Å². The van der Waals surface area contributed by atoms with Crippen molar-refractivity contribution < 1.29 is 40.6 Å². The predicted molar refractivity (Wildman–Crippen MR) is 101 cm³/mol. The molecular formula is C17H24F4N4O5S. The van der Waals surface area contributed by atoms with Crippen molar-refractivity contribution in [1.29, 1.82) is 0 Å². The maximum Gasteiger partial charge on any atom is 0.490 e. The molecule has 3 heterocycles. The number of aliphatic carboxylic acids is 1. The fraction of sp³-hybridized carbons (Fsp3) is 0.706. The van der Waals surface area contributed by atoms with E-state index in [1.165, 1.54) is 18.6 Å². The highest BCUT2D eigenvalue weighted by molar-refractivity contribution is 7.88. The number of ether oxygens (including phenoxy) is 1. The summed E-state index contributed by atoms with van der Waals surface area (Å²) in [4.78, 5) is 19.0. The number of aromatic nitrogens is 2. The van der Waals surface area contributed by atoms with Crippen LogP contribution in [0.15, 0.2) is 12.4 Å². The highest BCUT2D eigenvalue weighted by Gasteiger charge is 2.48. The largest absolute Gasteiger partial charge is 0.490 e. The highest BCUT2D eigenvalue weighted by Crippen LogP contribution is 2.44. The second-order valence-electron chi connectivity index (χ2n) is 7.61. The summed E-state index contributed by atoms with van der Waals surface area (Å²) >= 11 is 0. The standard InChI is InChI=1S/C15H23FN4O3S.C2HF3O2/c1-23-10-13-7-15(11-20(13)24(2,21)22)3-5-19(6-4-15)14-17-8-12(16)9-18-14;3-2(4,5)1(6)7/h8-9,13H,3-7,10-11H2,1-2H3;(H,6,7). The van der Waals surface area contributed by atoms with Crippen molar-refractivity contribution in [3.8, 4) is 0 Å². The Morgan fingerprint density at radius 2 is 1.81 bits per heavy atom. The molecule has 0 aliphatic carbocycles. The Balaban J connectivity index is 0.000000423. The van der Waals surface area contributed by atoms with Gasteiger partial charge in [0, 0.05) is 32.8 Å². The summed E-state index contributed by atoms with van der Waals surface area (Å²) in [5, 5.41) is 7.12. The van der Waals surface area contributed by atoms with Crippen molar-refractivity contribution in [3.05, 3.63) is 18.2 Å². The third-order valence-electron chi connectivity index (χ3n) is 5.31. The Morgan fingerprint density at radius 1 is 1.29 bits per heavy atom. The molecule has 0 bridgehead atoms. The van der Waals surface area contributed by atoms with Gasteiger partial charge in [-0.2, -0.15) is 17.5 Å². The number of carboxylic acids is 1. The van der Waals surface area contributed by atoms with E-state index in [4.69, 9.17) is 14.6 Å². The van der Waals surface area contributed by atoms with E-state index in [-0.39, 0.29) is 11.5 Å². The smallest absolute Gasteiger partial charge is 0.475 e. The number of nitrogens with zero attached hydrogens (tertiary/aromatic N) is 4.